The number of rotatable bonds is 4. The van der Waals surface area contributed by atoms with Gasteiger partial charge in [-0.1, -0.05) is 0 Å². The molecule has 1 aliphatic heterocycles. The van der Waals surface area contributed by atoms with Gasteiger partial charge >= 0.3 is 0 Å². The lowest BCUT2D eigenvalue weighted by atomic mass is 10.0. The Morgan fingerprint density at radius 2 is 2.15 bits per heavy atom. The summed E-state index contributed by atoms with van der Waals surface area (Å²) in [6.07, 6.45) is 1.75. The largest absolute Gasteiger partial charge is 0.381 e. The van der Waals surface area contributed by atoms with Crippen molar-refractivity contribution >= 4 is 15.9 Å². The van der Waals surface area contributed by atoms with Crippen molar-refractivity contribution in [3.8, 4) is 0 Å². The van der Waals surface area contributed by atoms with Crippen LogP contribution in [-0.2, 0) is 14.8 Å². The summed E-state index contributed by atoms with van der Waals surface area (Å²) in [5.41, 5.74) is 0.0702. The zero-order chi connectivity index (χ0) is 14.8. The standard InChI is InChI=1S/C11H18N4O4S/c1-7-10(20(12,17)18)9(15-14-7)11(16)13-6-8-2-4-19-5-3-8/h8H,2-6H2,1H3,(H,13,16)(H,14,15)(H2,12,17,18). The molecule has 1 aliphatic rings. The number of ether oxygens (including phenoxy) is 1. The topological polar surface area (TPSA) is 127 Å². The van der Waals surface area contributed by atoms with Gasteiger partial charge in [-0.3, -0.25) is 9.89 Å². The van der Waals surface area contributed by atoms with Gasteiger partial charge in [-0.25, -0.2) is 13.6 Å². The van der Waals surface area contributed by atoms with Crippen LogP contribution in [0.2, 0.25) is 0 Å². The molecule has 1 saturated heterocycles. The molecule has 0 spiro atoms. The highest BCUT2D eigenvalue weighted by atomic mass is 32.2. The van der Waals surface area contributed by atoms with E-state index in [1.807, 2.05) is 0 Å². The Balaban J connectivity index is 2.06. The van der Waals surface area contributed by atoms with Crippen molar-refractivity contribution in [3.63, 3.8) is 0 Å². The number of sulfonamides is 1. The van der Waals surface area contributed by atoms with Crippen LogP contribution in [0.25, 0.3) is 0 Å². The molecular formula is C11H18N4O4S. The van der Waals surface area contributed by atoms with Crippen molar-refractivity contribution in [2.75, 3.05) is 19.8 Å². The van der Waals surface area contributed by atoms with Crippen molar-refractivity contribution in [2.45, 2.75) is 24.7 Å². The van der Waals surface area contributed by atoms with Gasteiger partial charge in [0.25, 0.3) is 5.91 Å². The van der Waals surface area contributed by atoms with Gasteiger partial charge in [-0.05, 0) is 25.7 Å². The molecule has 9 heteroatoms. The third-order valence-electron chi connectivity index (χ3n) is 3.28. The summed E-state index contributed by atoms with van der Waals surface area (Å²) in [6, 6.07) is 0. The molecule has 4 N–H and O–H groups in total. The van der Waals surface area contributed by atoms with Gasteiger partial charge in [0.05, 0.1) is 5.69 Å². The van der Waals surface area contributed by atoms with Crippen molar-refractivity contribution in [2.24, 2.45) is 11.1 Å². The SMILES string of the molecule is Cc1[nH]nc(C(=O)NCC2CCOCC2)c1S(N)(=O)=O. The van der Waals surface area contributed by atoms with Gasteiger partial charge in [0.1, 0.15) is 4.90 Å². The second kappa shape index (κ2) is 5.90. The Labute approximate surface area is 117 Å². The van der Waals surface area contributed by atoms with E-state index in [0.717, 1.165) is 12.8 Å². The number of nitrogens with one attached hydrogen (secondary N) is 2. The molecule has 8 nitrogen and oxygen atoms in total. The predicted octanol–water partition coefficient (Wildman–Crippen LogP) is -0.478. The third-order valence-corrected chi connectivity index (χ3v) is 4.35. The lowest BCUT2D eigenvalue weighted by molar-refractivity contribution is 0.0641. The highest BCUT2D eigenvalue weighted by Gasteiger charge is 2.26. The molecule has 1 aromatic heterocycles. The first-order chi connectivity index (χ1) is 9.39. The van der Waals surface area contributed by atoms with Crippen LogP contribution >= 0.6 is 0 Å². The quantitative estimate of drug-likeness (QED) is 0.692. The van der Waals surface area contributed by atoms with Crippen LogP contribution in [0.15, 0.2) is 4.90 Å². The van der Waals surface area contributed by atoms with Crippen molar-refractivity contribution in [3.05, 3.63) is 11.4 Å². The number of hydrogen-bond acceptors (Lipinski definition) is 5. The fourth-order valence-corrected chi connectivity index (χ4v) is 3.07. The fraction of sp³-hybridized carbons (Fsp3) is 0.636. The molecular weight excluding hydrogens is 284 g/mol. The average Bonchev–Trinajstić information content (AvgIpc) is 2.79. The summed E-state index contributed by atoms with van der Waals surface area (Å²) >= 11 is 0. The first-order valence-corrected chi connectivity index (χ1v) is 7.88. The van der Waals surface area contributed by atoms with Crippen LogP contribution in [0.3, 0.4) is 0 Å². The molecule has 2 heterocycles. The minimum Gasteiger partial charge on any atom is -0.381 e. The molecule has 1 aromatic rings. The van der Waals surface area contributed by atoms with E-state index in [1.165, 1.54) is 6.92 Å². The van der Waals surface area contributed by atoms with E-state index < -0.39 is 15.9 Å². The molecule has 0 unspecified atom stereocenters. The Morgan fingerprint density at radius 1 is 1.50 bits per heavy atom. The van der Waals surface area contributed by atoms with Gasteiger partial charge in [0.15, 0.2) is 5.69 Å². The summed E-state index contributed by atoms with van der Waals surface area (Å²) in [5.74, 6) is -0.199. The minimum absolute atomic E-state index is 0.183. The number of nitrogens with two attached hydrogens (primary N) is 1. The number of aromatic nitrogens is 2. The predicted molar refractivity (Wildman–Crippen MR) is 70.6 cm³/mol. The van der Waals surface area contributed by atoms with E-state index in [0.29, 0.717) is 25.7 Å². The number of aryl methyl sites for hydroxylation is 1. The zero-order valence-corrected chi connectivity index (χ0v) is 12.0. The summed E-state index contributed by atoms with van der Waals surface area (Å²) in [6.45, 7) is 3.34. The number of aromatic amines is 1. The molecule has 0 bridgehead atoms. The number of carbonyl (C=O) groups excluding carboxylic acids is 1. The van der Waals surface area contributed by atoms with E-state index in [-0.39, 0.29) is 16.3 Å². The number of amides is 1. The van der Waals surface area contributed by atoms with Crippen LogP contribution < -0.4 is 10.5 Å². The van der Waals surface area contributed by atoms with Gasteiger partial charge in [-0.2, -0.15) is 5.10 Å². The van der Waals surface area contributed by atoms with Crippen LogP contribution in [0.4, 0.5) is 0 Å². The second-order valence-corrected chi connectivity index (χ2v) is 6.34. The normalized spacial score (nSPS) is 17.1. The third kappa shape index (κ3) is 3.35. The zero-order valence-electron chi connectivity index (χ0n) is 11.2. The second-order valence-electron chi connectivity index (χ2n) is 4.84. The minimum atomic E-state index is -3.98. The van der Waals surface area contributed by atoms with Crippen LogP contribution in [0.5, 0.6) is 0 Å². The Hall–Kier alpha value is -1.45. The molecule has 0 aliphatic carbocycles. The lowest BCUT2D eigenvalue weighted by Gasteiger charge is -2.21. The number of carbonyl (C=O) groups is 1. The summed E-state index contributed by atoms with van der Waals surface area (Å²) < 4.78 is 28.2. The summed E-state index contributed by atoms with van der Waals surface area (Å²) in [5, 5.41) is 14.0. The lowest BCUT2D eigenvalue weighted by Crippen LogP contribution is -2.33. The number of primary sulfonamides is 1. The van der Waals surface area contributed by atoms with E-state index in [1.54, 1.807) is 0 Å². The maximum absolute atomic E-state index is 12.0. The molecule has 112 valence electrons. The van der Waals surface area contributed by atoms with Gasteiger partial charge in [0.2, 0.25) is 10.0 Å². The van der Waals surface area contributed by atoms with Crippen LogP contribution in [0, 0.1) is 12.8 Å². The molecule has 1 amide bonds. The first-order valence-electron chi connectivity index (χ1n) is 6.33. The van der Waals surface area contributed by atoms with Gasteiger partial charge in [-0.15, -0.1) is 0 Å². The van der Waals surface area contributed by atoms with E-state index in [2.05, 4.69) is 15.5 Å². The van der Waals surface area contributed by atoms with Crippen molar-refractivity contribution in [1.29, 1.82) is 0 Å². The molecule has 0 atom stereocenters. The Kier molecular flexibility index (Phi) is 4.41. The first kappa shape index (κ1) is 14.9. The van der Waals surface area contributed by atoms with E-state index in [9.17, 15) is 13.2 Å². The number of hydrogen-bond donors (Lipinski definition) is 3. The maximum atomic E-state index is 12.0. The number of nitrogens with zero attached hydrogens (tertiary/aromatic N) is 1. The monoisotopic (exact) mass is 302 g/mol. The summed E-state index contributed by atoms with van der Waals surface area (Å²) in [7, 11) is -3.98. The molecule has 0 saturated carbocycles. The smallest absolute Gasteiger partial charge is 0.273 e. The Morgan fingerprint density at radius 3 is 2.75 bits per heavy atom. The average molecular weight is 302 g/mol. The van der Waals surface area contributed by atoms with Crippen LogP contribution in [-0.4, -0.2) is 44.3 Å². The molecule has 1 fully saturated rings. The highest BCUT2D eigenvalue weighted by Crippen LogP contribution is 2.17. The van der Waals surface area contributed by atoms with Crippen molar-refractivity contribution in [1.82, 2.24) is 15.5 Å². The van der Waals surface area contributed by atoms with Gasteiger partial charge in [0, 0.05) is 19.8 Å². The van der Waals surface area contributed by atoms with Gasteiger partial charge < -0.3 is 10.1 Å². The number of H-pyrrole nitrogens is 1. The van der Waals surface area contributed by atoms with Crippen molar-refractivity contribution < 1.29 is 17.9 Å². The highest BCUT2D eigenvalue weighted by molar-refractivity contribution is 7.89. The summed E-state index contributed by atoms with van der Waals surface area (Å²) in [4.78, 5) is 11.8. The molecule has 20 heavy (non-hydrogen) atoms. The molecule has 0 radical (unpaired) electrons. The molecule has 0 aromatic carbocycles. The van der Waals surface area contributed by atoms with E-state index in [4.69, 9.17) is 9.88 Å². The maximum Gasteiger partial charge on any atom is 0.273 e. The Bertz CT molecular complexity index is 590. The molecule has 2 rings (SSSR count). The van der Waals surface area contributed by atoms with E-state index >= 15 is 0 Å². The fourth-order valence-electron chi connectivity index (χ4n) is 2.19. The van der Waals surface area contributed by atoms with Crippen LogP contribution in [0.1, 0.15) is 29.0 Å².